The van der Waals surface area contributed by atoms with Crippen LogP contribution in [0.4, 0.5) is 0 Å². The Morgan fingerprint density at radius 3 is 1.89 bits per heavy atom. The van der Waals surface area contributed by atoms with Crippen molar-refractivity contribution in [3.8, 4) is 5.75 Å². The van der Waals surface area contributed by atoms with Crippen molar-refractivity contribution < 1.29 is 5.11 Å². The van der Waals surface area contributed by atoms with Crippen LogP contribution in [0.2, 0.25) is 0 Å². The summed E-state index contributed by atoms with van der Waals surface area (Å²) in [5, 5.41) is 10.3. The van der Waals surface area contributed by atoms with Crippen LogP contribution < -0.4 is 0 Å². The largest absolute Gasteiger partial charge is 0.507 e. The molecule has 0 aliphatic carbocycles. The molecule has 18 heavy (non-hydrogen) atoms. The van der Waals surface area contributed by atoms with E-state index in [1.54, 1.807) is 0 Å². The minimum Gasteiger partial charge on any atom is -0.507 e. The van der Waals surface area contributed by atoms with Crippen molar-refractivity contribution in [3.63, 3.8) is 0 Å². The van der Waals surface area contributed by atoms with Crippen LogP contribution in [0, 0.1) is 0 Å². The van der Waals surface area contributed by atoms with Gasteiger partial charge in [-0.05, 0) is 48.6 Å². The molecule has 1 aromatic carbocycles. The first-order valence-electron chi connectivity index (χ1n) is 7.05. The van der Waals surface area contributed by atoms with Crippen LogP contribution in [0.1, 0.15) is 56.2 Å². The van der Waals surface area contributed by atoms with Gasteiger partial charge < -0.3 is 5.11 Å². The second-order valence-corrected chi connectivity index (χ2v) is 5.77. The second kappa shape index (κ2) is 8.47. The van der Waals surface area contributed by atoms with Gasteiger partial charge >= 0.3 is 0 Å². The molecule has 0 unspecified atom stereocenters. The number of benzene rings is 1. The molecular formula is C16H26OS. The molecule has 0 fully saturated rings. The van der Waals surface area contributed by atoms with Gasteiger partial charge in [0.05, 0.1) is 0 Å². The molecule has 0 atom stereocenters. The lowest BCUT2D eigenvalue weighted by Gasteiger charge is -2.12. The number of hydrogen-bond acceptors (Lipinski definition) is 2. The summed E-state index contributed by atoms with van der Waals surface area (Å²) in [6.07, 6.45) is 8.80. The maximum absolute atomic E-state index is 10.3. The minimum absolute atomic E-state index is 0.557. The smallest absolute Gasteiger partial charge is 0.121 e. The molecule has 1 N–H and O–H groups in total. The fourth-order valence-electron chi connectivity index (χ4n) is 2.20. The number of thioether (sulfide) groups is 1. The first kappa shape index (κ1) is 15.4. The summed E-state index contributed by atoms with van der Waals surface area (Å²) in [5.41, 5.74) is 3.65. The van der Waals surface area contributed by atoms with Gasteiger partial charge in [-0.2, -0.15) is 11.8 Å². The summed E-state index contributed by atoms with van der Waals surface area (Å²) in [6.45, 7) is 4.39. The summed E-state index contributed by atoms with van der Waals surface area (Å²) in [6, 6.07) is 4.38. The molecular weight excluding hydrogens is 240 g/mol. The summed E-state index contributed by atoms with van der Waals surface area (Å²) in [5.74, 6) is 1.60. The molecule has 0 aliphatic heterocycles. The highest BCUT2D eigenvalue weighted by Gasteiger charge is 2.09. The molecule has 1 nitrogen and oxygen atoms in total. The van der Waals surface area contributed by atoms with E-state index >= 15 is 0 Å². The predicted molar refractivity (Wildman–Crippen MR) is 82.5 cm³/mol. The monoisotopic (exact) mass is 266 g/mol. The third kappa shape index (κ3) is 4.56. The number of rotatable bonds is 8. The van der Waals surface area contributed by atoms with Crippen LogP contribution in [0.25, 0.3) is 0 Å². The lowest BCUT2D eigenvalue weighted by molar-refractivity contribution is 0.458. The third-order valence-electron chi connectivity index (χ3n) is 3.24. The quantitative estimate of drug-likeness (QED) is 0.719. The Morgan fingerprint density at radius 1 is 1.00 bits per heavy atom. The minimum atomic E-state index is 0.557. The first-order valence-corrected chi connectivity index (χ1v) is 8.44. The molecule has 0 saturated carbocycles. The van der Waals surface area contributed by atoms with Crippen molar-refractivity contribution in [2.24, 2.45) is 0 Å². The Labute approximate surface area is 116 Å². The van der Waals surface area contributed by atoms with Crippen molar-refractivity contribution in [2.75, 3.05) is 6.26 Å². The van der Waals surface area contributed by atoms with Crippen LogP contribution in [0.15, 0.2) is 12.1 Å². The van der Waals surface area contributed by atoms with E-state index in [2.05, 4.69) is 32.2 Å². The van der Waals surface area contributed by atoms with E-state index in [1.165, 1.54) is 18.4 Å². The predicted octanol–water partition coefficient (Wildman–Crippen LogP) is 4.94. The summed E-state index contributed by atoms with van der Waals surface area (Å²) < 4.78 is 0. The Morgan fingerprint density at radius 2 is 1.50 bits per heavy atom. The van der Waals surface area contributed by atoms with Crippen LogP contribution in [-0.4, -0.2) is 11.4 Å². The zero-order valence-electron chi connectivity index (χ0n) is 12.0. The van der Waals surface area contributed by atoms with Gasteiger partial charge in [-0.3, -0.25) is 0 Å². The third-order valence-corrected chi connectivity index (χ3v) is 3.86. The molecule has 0 saturated heterocycles. The summed E-state index contributed by atoms with van der Waals surface area (Å²) >= 11 is 1.84. The molecule has 0 aromatic heterocycles. The second-order valence-electron chi connectivity index (χ2n) is 4.90. The van der Waals surface area contributed by atoms with Crippen LogP contribution in [0.5, 0.6) is 5.75 Å². The van der Waals surface area contributed by atoms with Crippen LogP contribution >= 0.6 is 11.8 Å². The molecule has 0 radical (unpaired) electrons. The van der Waals surface area contributed by atoms with Crippen LogP contribution in [-0.2, 0) is 18.6 Å². The molecule has 0 spiro atoms. The molecule has 0 aliphatic rings. The molecule has 1 aromatic rings. The number of hydrogen-bond donors (Lipinski definition) is 1. The summed E-state index contributed by atoms with van der Waals surface area (Å²) in [4.78, 5) is 0. The first-order chi connectivity index (χ1) is 8.72. The lowest BCUT2D eigenvalue weighted by atomic mass is 9.97. The van der Waals surface area contributed by atoms with Gasteiger partial charge in [0.2, 0.25) is 0 Å². The Balaban J connectivity index is 2.95. The number of aromatic hydroxyl groups is 1. The SMILES string of the molecule is CCCCc1cc(CSC)cc(CCCC)c1O. The van der Waals surface area contributed by atoms with Gasteiger partial charge in [-0.25, -0.2) is 0 Å². The highest BCUT2D eigenvalue weighted by atomic mass is 32.2. The van der Waals surface area contributed by atoms with E-state index in [1.807, 2.05) is 11.8 Å². The van der Waals surface area contributed by atoms with Crippen molar-refractivity contribution in [1.29, 1.82) is 0 Å². The van der Waals surface area contributed by atoms with Gasteiger partial charge in [0.25, 0.3) is 0 Å². The normalized spacial score (nSPS) is 10.8. The van der Waals surface area contributed by atoms with Crippen molar-refractivity contribution in [2.45, 2.75) is 58.1 Å². The number of aryl methyl sites for hydroxylation is 2. The van der Waals surface area contributed by atoms with E-state index in [0.29, 0.717) is 5.75 Å². The van der Waals surface area contributed by atoms with Gasteiger partial charge in [0.1, 0.15) is 5.75 Å². The average Bonchev–Trinajstić information content (AvgIpc) is 2.37. The highest BCUT2D eigenvalue weighted by Crippen LogP contribution is 2.29. The Hall–Kier alpha value is -0.630. The molecule has 1 rings (SSSR count). The molecule has 0 amide bonds. The topological polar surface area (TPSA) is 20.2 Å². The van der Waals surface area contributed by atoms with E-state index in [0.717, 1.165) is 42.6 Å². The molecule has 102 valence electrons. The van der Waals surface area contributed by atoms with E-state index in [9.17, 15) is 5.11 Å². The number of phenolic OH excluding ortho intramolecular Hbond substituents is 1. The van der Waals surface area contributed by atoms with Gasteiger partial charge in [0.15, 0.2) is 0 Å². The van der Waals surface area contributed by atoms with Crippen LogP contribution in [0.3, 0.4) is 0 Å². The molecule has 2 heteroatoms. The fraction of sp³-hybridized carbons (Fsp3) is 0.625. The zero-order valence-corrected chi connectivity index (χ0v) is 12.8. The van der Waals surface area contributed by atoms with E-state index < -0.39 is 0 Å². The lowest BCUT2D eigenvalue weighted by Crippen LogP contribution is -1.96. The maximum atomic E-state index is 10.3. The van der Waals surface area contributed by atoms with E-state index in [4.69, 9.17) is 0 Å². The van der Waals surface area contributed by atoms with Crippen molar-refractivity contribution >= 4 is 11.8 Å². The van der Waals surface area contributed by atoms with Crippen molar-refractivity contribution in [3.05, 3.63) is 28.8 Å². The Kier molecular flexibility index (Phi) is 7.26. The highest BCUT2D eigenvalue weighted by molar-refractivity contribution is 7.97. The standard InChI is InChI=1S/C16H26OS/c1-4-6-8-14-10-13(12-18-3)11-15(16(14)17)9-7-5-2/h10-11,17H,4-9,12H2,1-3H3. The number of unbranched alkanes of at least 4 members (excludes halogenated alkanes) is 2. The Bertz CT molecular complexity index is 331. The molecule has 0 bridgehead atoms. The summed E-state index contributed by atoms with van der Waals surface area (Å²) in [7, 11) is 0. The van der Waals surface area contributed by atoms with Gasteiger partial charge in [-0.1, -0.05) is 38.8 Å². The number of phenols is 1. The maximum Gasteiger partial charge on any atom is 0.121 e. The average molecular weight is 266 g/mol. The zero-order chi connectivity index (χ0) is 13.4. The molecule has 0 heterocycles. The fourth-order valence-corrected chi connectivity index (χ4v) is 2.70. The van der Waals surface area contributed by atoms with Crippen molar-refractivity contribution in [1.82, 2.24) is 0 Å². The van der Waals surface area contributed by atoms with Gasteiger partial charge in [-0.15, -0.1) is 0 Å². The van der Waals surface area contributed by atoms with E-state index in [-0.39, 0.29) is 0 Å². The van der Waals surface area contributed by atoms with Gasteiger partial charge in [0, 0.05) is 5.75 Å².